The topological polar surface area (TPSA) is 86.8 Å². The number of hydrogen-bond donors (Lipinski definition) is 1. The first-order valence-corrected chi connectivity index (χ1v) is 15.7. The van der Waals surface area contributed by atoms with Crippen LogP contribution in [0.25, 0.3) is 0 Å². The van der Waals surface area contributed by atoms with Gasteiger partial charge in [0.1, 0.15) is 12.6 Å². The van der Waals surface area contributed by atoms with Gasteiger partial charge in [-0.15, -0.1) is 0 Å². The van der Waals surface area contributed by atoms with Crippen LogP contribution in [0.15, 0.2) is 82.2 Å². The van der Waals surface area contributed by atoms with Crippen molar-refractivity contribution < 1.29 is 18.0 Å². The van der Waals surface area contributed by atoms with Gasteiger partial charge < -0.3 is 10.2 Å². The van der Waals surface area contributed by atoms with E-state index >= 15 is 0 Å². The van der Waals surface area contributed by atoms with Crippen LogP contribution in [-0.4, -0.2) is 43.8 Å². The molecule has 2 atom stereocenters. The Labute approximate surface area is 246 Å². The van der Waals surface area contributed by atoms with Crippen molar-refractivity contribution in [1.29, 1.82) is 0 Å². The molecule has 0 saturated carbocycles. The molecule has 0 saturated heterocycles. The summed E-state index contributed by atoms with van der Waals surface area (Å²) in [6.45, 7) is 9.31. The molecule has 3 aromatic rings. The lowest BCUT2D eigenvalue weighted by Gasteiger charge is -2.33. The summed E-state index contributed by atoms with van der Waals surface area (Å²) >= 11 is 3.42. The zero-order valence-corrected chi connectivity index (χ0v) is 26.1. The quantitative estimate of drug-likeness (QED) is 0.267. The number of sulfonamides is 1. The maximum atomic E-state index is 14.1. The molecule has 0 unspecified atom stereocenters. The fourth-order valence-electron chi connectivity index (χ4n) is 4.25. The summed E-state index contributed by atoms with van der Waals surface area (Å²) in [7, 11) is -4.11. The van der Waals surface area contributed by atoms with Crippen LogP contribution in [0, 0.1) is 13.8 Å². The Morgan fingerprint density at radius 1 is 0.900 bits per heavy atom. The molecule has 0 aliphatic heterocycles. The van der Waals surface area contributed by atoms with Gasteiger partial charge in [-0.3, -0.25) is 13.9 Å². The second-order valence-corrected chi connectivity index (χ2v) is 12.8. The predicted molar refractivity (Wildman–Crippen MR) is 164 cm³/mol. The first-order chi connectivity index (χ1) is 19.0. The number of benzene rings is 3. The lowest BCUT2D eigenvalue weighted by Crippen LogP contribution is -2.53. The second-order valence-electron chi connectivity index (χ2n) is 10.1. The average Bonchev–Trinajstić information content (AvgIpc) is 2.92. The number of rotatable bonds is 12. The van der Waals surface area contributed by atoms with Gasteiger partial charge in [-0.25, -0.2) is 8.42 Å². The standard InChI is InChI=1S/C31H38BrN3O4S/c1-6-24(5)33-31(37)29(7-2)34(20-25-15-11-22(3)12-16-25)30(36)21-35(27-10-8-9-26(32)19-27)40(38,39)28-17-13-23(4)14-18-28/h8-19,24,29H,6-7,20-21H2,1-5H3,(H,33,37)/t24-,29+/m1/s1. The molecule has 9 heteroatoms. The number of halogens is 1. The van der Waals surface area contributed by atoms with E-state index in [9.17, 15) is 18.0 Å². The molecule has 0 aliphatic carbocycles. The summed E-state index contributed by atoms with van der Waals surface area (Å²) in [6.07, 6.45) is 1.13. The van der Waals surface area contributed by atoms with Crippen molar-refractivity contribution in [2.24, 2.45) is 0 Å². The Kier molecular flexibility index (Phi) is 10.9. The maximum absolute atomic E-state index is 14.1. The summed E-state index contributed by atoms with van der Waals surface area (Å²) in [5, 5.41) is 2.99. The van der Waals surface area contributed by atoms with Crippen molar-refractivity contribution in [1.82, 2.24) is 10.2 Å². The lowest BCUT2D eigenvalue weighted by atomic mass is 10.1. The van der Waals surface area contributed by atoms with Gasteiger partial charge in [-0.1, -0.05) is 83.4 Å². The van der Waals surface area contributed by atoms with Gasteiger partial charge >= 0.3 is 0 Å². The third-order valence-electron chi connectivity index (χ3n) is 6.84. The Hall–Kier alpha value is -3.17. The summed E-state index contributed by atoms with van der Waals surface area (Å²) in [4.78, 5) is 29.0. The molecule has 214 valence electrons. The number of carbonyl (C=O) groups is 2. The van der Waals surface area contributed by atoms with Crippen LogP contribution in [0.1, 0.15) is 50.3 Å². The number of anilines is 1. The number of nitrogens with one attached hydrogen (secondary N) is 1. The highest BCUT2D eigenvalue weighted by Crippen LogP contribution is 2.27. The van der Waals surface area contributed by atoms with Crippen LogP contribution in [-0.2, 0) is 26.2 Å². The number of nitrogens with zero attached hydrogens (tertiary/aromatic N) is 2. The van der Waals surface area contributed by atoms with Crippen molar-refractivity contribution in [2.45, 2.75) is 71.0 Å². The largest absolute Gasteiger partial charge is 0.352 e. The van der Waals surface area contributed by atoms with Crippen molar-refractivity contribution in [2.75, 3.05) is 10.8 Å². The molecule has 0 spiro atoms. The van der Waals surface area contributed by atoms with Crippen LogP contribution < -0.4 is 9.62 Å². The molecule has 0 radical (unpaired) electrons. The highest BCUT2D eigenvalue weighted by Gasteiger charge is 2.34. The van der Waals surface area contributed by atoms with E-state index in [4.69, 9.17) is 0 Å². The molecule has 0 aromatic heterocycles. The normalized spacial score (nSPS) is 12.8. The van der Waals surface area contributed by atoms with E-state index in [1.807, 2.05) is 58.9 Å². The van der Waals surface area contributed by atoms with Gasteiger partial charge in [-0.2, -0.15) is 0 Å². The monoisotopic (exact) mass is 627 g/mol. The highest BCUT2D eigenvalue weighted by atomic mass is 79.9. The minimum absolute atomic E-state index is 0.0574. The van der Waals surface area contributed by atoms with Gasteiger partial charge in [0.25, 0.3) is 10.0 Å². The molecule has 3 rings (SSSR count). The lowest BCUT2D eigenvalue weighted by molar-refractivity contribution is -0.140. The Bertz CT molecular complexity index is 1410. The van der Waals surface area contributed by atoms with E-state index in [2.05, 4.69) is 21.2 Å². The average molecular weight is 629 g/mol. The van der Waals surface area contributed by atoms with Gasteiger partial charge in [0.2, 0.25) is 11.8 Å². The summed E-state index contributed by atoms with van der Waals surface area (Å²) in [6, 6.07) is 20.3. The molecule has 3 aromatic carbocycles. The van der Waals surface area contributed by atoms with E-state index in [1.54, 1.807) is 48.5 Å². The van der Waals surface area contributed by atoms with Crippen molar-refractivity contribution in [3.05, 3.63) is 94.0 Å². The third-order valence-corrected chi connectivity index (χ3v) is 9.13. The molecule has 0 fully saturated rings. The molecule has 7 nitrogen and oxygen atoms in total. The van der Waals surface area contributed by atoms with Crippen molar-refractivity contribution >= 4 is 43.5 Å². The first kappa shape index (κ1) is 31.4. The number of hydrogen-bond acceptors (Lipinski definition) is 4. The highest BCUT2D eigenvalue weighted by molar-refractivity contribution is 9.10. The molecular formula is C31H38BrN3O4S. The fourth-order valence-corrected chi connectivity index (χ4v) is 6.04. The van der Waals surface area contributed by atoms with E-state index in [-0.39, 0.29) is 23.4 Å². The molecular weight excluding hydrogens is 590 g/mol. The maximum Gasteiger partial charge on any atom is 0.264 e. The zero-order chi connectivity index (χ0) is 29.4. The zero-order valence-electron chi connectivity index (χ0n) is 23.7. The van der Waals surface area contributed by atoms with Crippen LogP contribution in [0.2, 0.25) is 0 Å². The smallest absolute Gasteiger partial charge is 0.264 e. The Morgan fingerprint density at radius 3 is 2.05 bits per heavy atom. The molecule has 1 N–H and O–H groups in total. The molecule has 0 bridgehead atoms. The minimum atomic E-state index is -4.11. The Morgan fingerprint density at radius 2 is 1.50 bits per heavy atom. The van der Waals surface area contributed by atoms with E-state index < -0.39 is 28.5 Å². The van der Waals surface area contributed by atoms with E-state index in [1.165, 1.54) is 4.90 Å². The summed E-state index contributed by atoms with van der Waals surface area (Å²) in [5.74, 6) is -0.727. The van der Waals surface area contributed by atoms with Crippen molar-refractivity contribution in [3.63, 3.8) is 0 Å². The number of aryl methyl sites for hydroxylation is 2. The predicted octanol–water partition coefficient (Wildman–Crippen LogP) is 5.98. The van der Waals surface area contributed by atoms with Gasteiger partial charge in [0, 0.05) is 17.1 Å². The Balaban J connectivity index is 2.05. The third kappa shape index (κ3) is 7.95. The minimum Gasteiger partial charge on any atom is -0.352 e. The van der Waals surface area contributed by atoms with Crippen LogP contribution in [0.4, 0.5) is 5.69 Å². The molecule has 0 heterocycles. The van der Waals surface area contributed by atoms with Gasteiger partial charge in [0.05, 0.1) is 10.6 Å². The first-order valence-electron chi connectivity index (χ1n) is 13.5. The number of amides is 2. The van der Waals surface area contributed by atoms with Gasteiger partial charge in [-0.05, 0) is 69.5 Å². The van der Waals surface area contributed by atoms with Crippen LogP contribution in [0.3, 0.4) is 0 Å². The molecule has 0 aliphatic rings. The van der Waals surface area contributed by atoms with Crippen molar-refractivity contribution in [3.8, 4) is 0 Å². The number of carbonyl (C=O) groups excluding carboxylic acids is 2. The SMILES string of the molecule is CC[C@@H](C)NC(=O)[C@H](CC)N(Cc1ccc(C)cc1)C(=O)CN(c1cccc(Br)c1)S(=O)(=O)c1ccc(C)cc1. The second kappa shape index (κ2) is 13.9. The van der Waals surface area contributed by atoms with Crippen LogP contribution in [0.5, 0.6) is 0 Å². The molecule has 2 amide bonds. The van der Waals surface area contributed by atoms with E-state index in [0.29, 0.717) is 16.6 Å². The fraction of sp³-hybridized carbons (Fsp3) is 0.355. The summed E-state index contributed by atoms with van der Waals surface area (Å²) in [5.41, 5.74) is 3.19. The molecule has 40 heavy (non-hydrogen) atoms. The van der Waals surface area contributed by atoms with Gasteiger partial charge in [0.15, 0.2) is 0 Å². The summed E-state index contributed by atoms with van der Waals surface area (Å²) < 4.78 is 29.7. The van der Waals surface area contributed by atoms with Crippen LogP contribution >= 0.6 is 15.9 Å². The van der Waals surface area contributed by atoms with E-state index in [0.717, 1.165) is 27.4 Å².